The lowest BCUT2D eigenvalue weighted by Gasteiger charge is -2.21. The van der Waals surface area contributed by atoms with Gasteiger partial charge in [-0.25, -0.2) is 9.97 Å². The predicted molar refractivity (Wildman–Crippen MR) is 59.8 cm³/mol. The third-order valence-electron chi connectivity index (χ3n) is 2.17. The predicted octanol–water partition coefficient (Wildman–Crippen LogP) is 2.15. The average molecular weight is 193 g/mol. The normalized spacial score (nSPS) is 11.6. The Morgan fingerprint density at radius 2 is 1.79 bits per heavy atom. The van der Waals surface area contributed by atoms with Gasteiger partial charge >= 0.3 is 0 Å². The van der Waals surface area contributed by atoms with Crippen LogP contribution in [-0.2, 0) is 5.41 Å². The third-order valence-corrected chi connectivity index (χ3v) is 2.17. The molecule has 1 aromatic rings. The van der Waals surface area contributed by atoms with Gasteiger partial charge in [-0.1, -0.05) is 20.8 Å². The SMILES string of the molecule is Cc1nc(N(C)C)ncc1C(C)(C)C. The van der Waals surface area contributed by atoms with Crippen molar-refractivity contribution in [2.24, 2.45) is 0 Å². The number of anilines is 1. The molecule has 0 aliphatic rings. The Morgan fingerprint density at radius 3 is 2.14 bits per heavy atom. The molecule has 3 heteroatoms. The van der Waals surface area contributed by atoms with Crippen LogP contribution < -0.4 is 4.90 Å². The minimum Gasteiger partial charge on any atom is -0.347 e. The molecule has 0 saturated heterocycles. The molecule has 78 valence electrons. The first-order chi connectivity index (χ1) is 6.32. The van der Waals surface area contributed by atoms with E-state index in [0.717, 1.165) is 11.6 Å². The van der Waals surface area contributed by atoms with Crippen molar-refractivity contribution in [3.8, 4) is 0 Å². The molecular weight excluding hydrogens is 174 g/mol. The number of aromatic nitrogens is 2. The fourth-order valence-electron chi connectivity index (χ4n) is 1.41. The van der Waals surface area contributed by atoms with Gasteiger partial charge in [0.1, 0.15) is 0 Å². The van der Waals surface area contributed by atoms with Gasteiger partial charge in [0.2, 0.25) is 5.95 Å². The van der Waals surface area contributed by atoms with Gasteiger partial charge in [0, 0.05) is 26.0 Å². The van der Waals surface area contributed by atoms with Gasteiger partial charge in [0.25, 0.3) is 0 Å². The summed E-state index contributed by atoms with van der Waals surface area (Å²) in [4.78, 5) is 10.7. The molecule has 1 rings (SSSR count). The van der Waals surface area contributed by atoms with Crippen molar-refractivity contribution >= 4 is 5.95 Å². The molecule has 1 heterocycles. The highest BCUT2D eigenvalue weighted by Crippen LogP contribution is 2.24. The van der Waals surface area contributed by atoms with Crippen LogP contribution in [0.2, 0.25) is 0 Å². The first-order valence-electron chi connectivity index (χ1n) is 4.84. The summed E-state index contributed by atoms with van der Waals surface area (Å²) in [6, 6.07) is 0. The van der Waals surface area contributed by atoms with E-state index in [-0.39, 0.29) is 5.41 Å². The summed E-state index contributed by atoms with van der Waals surface area (Å²) >= 11 is 0. The van der Waals surface area contributed by atoms with Crippen LogP contribution in [0.1, 0.15) is 32.0 Å². The van der Waals surface area contributed by atoms with E-state index >= 15 is 0 Å². The molecular formula is C11H19N3. The zero-order valence-corrected chi connectivity index (χ0v) is 9.92. The Hall–Kier alpha value is -1.12. The molecule has 1 aromatic heterocycles. The molecule has 0 amide bonds. The fraction of sp³-hybridized carbons (Fsp3) is 0.636. The molecule has 0 aromatic carbocycles. The van der Waals surface area contributed by atoms with Crippen molar-refractivity contribution in [3.63, 3.8) is 0 Å². The number of nitrogens with zero attached hydrogens (tertiary/aromatic N) is 3. The van der Waals surface area contributed by atoms with E-state index < -0.39 is 0 Å². The first kappa shape index (κ1) is 11.0. The van der Waals surface area contributed by atoms with Crippen LogP contribution in [0.15, 0.2) is 6.20 Å². The zero-order chi connectivity index (χ0) is 10.9. The largest absolute Gasteiger partial charge is 0.347 e. The van der Waals surface area contributed by atoms with Gasteiger partial charge in [-0.05, 0) is 17.9 Å². The first-order valence-corrected chi connectivity index (χ1v) is 4.84. The molecule has 0 saturated carbocycles. The molecule has 0 unspecified atom stereocenters. The Kier molecular flexibility index (Phi) is 2.79. The standard InChI is InChI=1S/C11H19N3/c1-8-9(11(2,3)4)7-12-10(13-8)14(5)6/h7H,1-6H3. The van der Waals surface area contributed by atoms with Crippen molar-refractivity contribution < 1.29 is 0 Å². The molecule has 0 radical (unpaired) electrons. The Labute approximate surface area is 86.2 Å². The van der Waals surface area contributed by atoms with Crippen molar-refractivity contribution in [2.75, 3.05) is 19.0 Å². The number of hydrogen-bond acceptors (Lipinski definition) is 3. The van der Waals surface area contributed by atoms with Crippen LogP contribution in [-0.4, -0.2) is 24.1 Å². The molecule has 0 spiro atoms. The smallest absolute Gasteiger partial charge is 0.224 e. The van der Waals surface area contributed by atoms with E-state index in [1.54, 1.807) is 0 Å². The topological polar surface area (TPSA) is 29.0 Å². The number of rotatable bonds is 1. The van der Waals surface area contributed by atoms with Gasteiger partial charge in [-0.3, -0.25) is 0 Å². The van der Waals surface area contributed by atoms with Crippen molar-refractivity contribution in [1.29, 1.82) is 0 Å². The highest BCUT2D eigenvalue weighted by atomic mass is 15.2. The van der Waals surface area contributed by atoms with Crippen LogP contribution in [0.3, 0.4) is 0 Å². The highest BCUT2D eigenvalue weighted by Gasteiger charge is 2.18. The molecule has 14 heavy (non-hydrogen) atoms. The van der Waals surface area contributed by atoms with E-state index in [0.29, 0.717) is 0 Å². The zero-order valence-electron chi connectivity index (χ0n) is 9.92. The molecule has 3 nitrogen and oxygen atoms in total. The quantitative estimate of drug-likeness (QED) is 0.684. The lowest BCUT2D eigenvalue weighted by Crippen LogP contribution is -2.18. The van der Waals surface area contributed by atoms with E-state index in [1.165, 1.54) is 5.56 Å². The maximum atomic E-state index is 4.45. The summed E-state index contributed by atoms with van der Waals surface area (Å²) in [7, 11) is 3.90. The molecule has 0 N–H and O–H groups in total. The molecule has 0 fully saturated rings. The Morgan fingerprint density at radius 1 is 1.21 bits per heavy atom. The molecule has 0 atom stereocenters. The lowest BCUT2D eigenvalue weighted by molar-refractivity contribution is 0.578. The fourth-order valence-corrected chi connectivity index (χ4v) is 1.41. The summed E-state index contributed by atoms with van der Waals surface area (Å²) in [5.74, 6) is 0.774. The van der Waals surface area contributed by atoms with Crippen LogP contribution in [0.5, 0.6) is 0 Å². The summed E-state index contributed by atoms with van der Waals surface area (Å²) in [5.41, 5.74) is 2.40. The summed E-state index contributed by atoms with van der Waals surface area (Å²) in [6.45, 7) is 8.56. The second kappa shape index (κ2) is 3.56. The van der Waals surface area contributed by atoms with Gasteiger partial charge in [-0.15, -0.1) is 0 Å². The second-order valence-corrected chi connectivity index (χ2v) is 4.81. The Bertz CT molecular complexity index is 324. The summed E-state index contributed by atoms with van der Waals surface area (Å²) in [6.07, 6.45) is 1.93. The molecule has 0 bridgehead atoms. The average Bonchev–Trinajstić information content (AvgIpc) is 2.01. The van der Waals surface area contributed by atoms with Crippen LogP contribution in [0, 0.1) is 6.92 Å². The molecule has 0 aliphatic carbocycles. The minimum absolute atomic E-state index is 0.120. The number of hydrogen-bond donors (Lipinski definition) is 0. The van der Waals surface area contributed by atoms with Crippen LogP contribution in [0.25, 0.3) is 0 Å². The van der Waals surface area contributed by atoms with E-state index in [1.807, 2.05) is 32.1 Å². The van der Waals surface area contributed by atoms with E-state index in [4.69, 9.17) is 0 Å². The minimum atomic E-state index is 0.120. The summed E-state index contributed by atoms with van der Waals surface area (Å²) in [5, 5.41) is 0. The summed E-state index contributed by atoms with van der Waals surface area (Å²) < 4.78 is 0. The maximum Gasteiger partial charge on any atom is 0.224 e. The van der Waals surface area contributed by atoms with Gasteiger partial charge < -0.3 is 4.90 Å². The monoisotopic (exact) mass is 193 g/mol. The van der Waals surface area contributed by atoms with Gasteiger partial charge in [0.15, 0.2) is 0 Å². The Balaban J connectivity index is 3.15. The van der Waals surface area contributed by atoms with Gasteiger partial charge in [-0.2, -0.15) is 0 Å². The van der Waals surface area contributed by atoms with Crippen LogP contribution in [0.4, 0.5) is 5.95 Å². The van der Waals surface area contributed by atoms with E-state index in [9.17, 15) is 0 Å². The van der Waals surface area contributed by atoms with Crippen molar-refractivity contribution in [3.05, 3.63) is 17.5 Å². The molecule has 0 aliphatic heterocycles. The number of aryl methyl sites for hydroxylation is 1. The van der Waals surface area contributed by atoms with Crippen molar-refractivity contribution in [2.45, 2.75) is 33.1 Å². The third kappa shape index (κ3) is 2.22. The van der Waals surface area contributed by atoms with Gasteiger partial charge in [0.05, 0.1) is 0 Å². The highest BCUT2D eigenvalue weighted by molar-refractivity contribution is 5.33. The van der Waals surface area contributed by atoms with Crippen LogP contribution >= 0.6 is 0 Å². The van der Waals surface area contributed by atoms with E-state index in [2.05, 4.69) is 30.7 Å². The van der Waals surface area contributed by atoms with Crippen molar-refractivity contribution in [1.82, 2.24) is 9.97 Å². The second-order valence-electron chi connectivity index (χ2n) is 4.81. The maximum absolute atomic E-state index is 4.45. The lowest BCUT2D eigenvalue weighted by atomic mass is 9.87.